The fourth-order valence-corrected chi connectivity index (χ4v) is 2.38. The lowest BCUT2D eigenvalue weighted by atomic mass is 9.90. The van der Waals surface area contributed by atoms with Gasteiger partial charge in [0, 0.05) is 32.4 Å². The number of hydrogen-bond donors (Lipinski definition) is 2. The number of benzene rings is 1. The van der Waals surface area contributed by atoms with Crippen molar-refractivity contribution in [3.8, 4) is 0 Å². The number of carbonyl (C=O) groups excluding carboxylic acids is 1. The third-order valence-electron chi connectivity index (χ3n) is 3.46. The van der Waals surface area contributed by atoms with Gasteiger partial charge in [-0.15, -0.1) is 0 Å². The van der Waals surface area contributed by atoms with Crippen LogP contribution in [0.15, 0.2) is 24.3 Å². The van der Waals surface area contributed by atoms with Gasteiger partial charge in [-0.25, -0.2) is 0 Å². The van der Waals surface area contributed by atoms with Crippen LogP contribution in [-0.4, -0.2) is 44.5 Å². The van der Waals surface area contributed by atoms with Gasteiger partial charge in [-0.2, -0.15) is 0 Å². The quantitative estimate of drug-likeness (QED) is 0.842. The van der Waals surface area contributed by atoms with Gasteiger partial charge in [0.2, 0.25) is 5.91 Å². The minimum Gasteiger partial charge on any atom is -0.385 e. The molecule has 98 valence electrons. The van der Waals surface area contributed by atoms with Crippen LogP contribution in [0.4, 0.5) is 5.69 Å². The van der Waals surface area contributed by atoms with Crippen molar-refractivity contribution in [3.63, 3.8) is 0 Å². The molecule has 0 radical (unpaired) electrons. The predicted molar refractivity (Wildman–Crippen MR) is 73.9 cm³/mol. The molecule has 0 saturated heterocycles. The topological polar surface area (TPSA) is 44.4 Å². The zero-order valence-corrected chi connectivity index (χ0v) is 11.1. The SMILES string of the molecule is CNCCN(C)C(=O)C1CCNc2ccccc21. The normalized spacial score (nSPS) is 17.8. The highest BCUT2D eigenvalue weighted by Crippen LogP contribution is 2.32. The summed E-state index contributed by atoms with van der Waals surface area (Å²) in [5, 5.41) is 6.42. The standard InChI is InChI=1S/C14H21N3O/c1-15-9-10-17(2)14(18)12-7-8-16-13-6-4-3-5-11(12)13/h3-6,12,15-16H,7-10H2,1-2H3. The Labute approximate surface area is 108 Å². The van der Waals surface area contributed by atoms with Crippen molar-refractivity contribution in [1.29, 1.82) is 0 Å². The molecule has 0 saturated carbocycles. The molecular weight excluding hydrogens is 226 g/mol. The van der Waals surface area contributed by atoms with Crippen LogP contribution in [0.25, 0.3) is 0 Å². The van der Waals surface area contributed by atoms with Crippen LogP contribution in [0.2, 0.25) is 0 Å². The fourth-order valence-electron chi connectivity index (χ4n) is 2.38. The molecule has 1 heterocycles. The van der Waals surface area contributed by atoms with E-state index < -0.39 is 0 Å². The minimum atomic E-state index is 0.00399. The number of anilines is 1. The van der Waals surface area contributed by atoms with Gasteiger partial charge in [0.1, 0.15) is 0 Å². The molecule has 0 bridgehead atoms. The third-order valence-corrected chi connectivity index (χ3v) is 3.46. The highest BCUT2D eigenvalue weighted by atomic mass is 16.2. The fraction of sp³-hybridized carbons (Fsp3) is 0.500. The van der Waals surface area contributed by atoms with Gasteiger partial charge in [0.25, 0.3) is 0 Å². The molecule has 1 aromatic rings. The number of nitrogens with zero attached hydrogens (tertiary/aromatic N) is 1. The average molecular weight is 247 g/mol. The smallest absolute Gasteiger partial charge is 0.230 e. The van der Waals surface area contributed by atoms with Crippen molar-refractivity contribution in [3.05, 3.63) is 29.8 Å². The number of nitrogens with one attached hydrogen (secondary N) is 2. The van der Waals surface area contributed by atoms with Gasteiger partial charge in [0.15, 0.2) is 0 Å². The predicted octanol–water partition coefficient (Wildman–Crippen LogP) is 1.26. The zero-order chi connectivity index (χ0) is 13.0. The van der Waals surface area contributed by atoms with E-state index in [1.54, 1.807) is 0 Å². The summed E-state index contributed by atoms with van der Waals surface area (Å²) in [6, 6.07) is 8.10. The molecule has 18 heavy (non-hydrogen) atoms. The Morgan fingerprint density at radius 3 is 3.06 bits per heavy atom. The van der Waals surface area contributed by atoms with E-state index in [1.165, 1.54) is 0 Å². The maximum absolute atomic E-state index is 12.4. The molecule has 1 atom stereocenters. The van der Waals surface area contributed by atoms with Crippen LogP contribution in [0.3, 0.4) is 0 Å². The lowest BCUT2D eigenvalue weighted by Gasteiger charge is -2.29. The third kappa shape index (κ3) is 2.64. The van der Waals surface area contributed by atoms with Crippen molar-refractivity contribution in [1.82, 2.24) is 10.2 Å². The van der Waals surface area contributed by atoms with Crippen LogP contribution in [0, 0.1) is 0 Å². The Morgan fingerprint density at radius 2 is 2.28 bits per heavy atom. The number of rotatable bonds is 4. The molecule has 2 N–H and O–H groups in total. The molecular formula is C14H21N3O. The summed E-state index contributed by atoms with van der Waals surface area (Å²) in [5.74, 6) is 0.225. The number of amides is 1. The second-order valence-electron chi connectivity index (χ2n) is 4.72. The summed E-state index contributed by atoms with van der Waals surface area (Å²) < 4.78 is 0. The Balaban J connectivity index is 2.12. The molecule has 1 amide bonds. The van der Waals surface area contributed by atoms with Crippen LogP contribution < -0.4 is 10.6 Å². The molecule has 4 nitrogen and oxygen atoms in total. The van der Waals surface area contributed by atoms with Crippen LogP contribution in [0.1, 0.15) is 17.9 Å². The summed E-state index contributed by atoms with van der Waals surface area (Å²) >= 11 is 0. The van der Waals surface area contributed by atoms with Gasteiger partial charge >= 0.3 is 0 Å². The summed E-state index contributed by atoms with van der Waals surface area (Å²) in [4.78, 5) is 14.3. The van der Waals surface area contributed by atoms with Crippen molar-refractivity contribution in [2.24, 2.45) is 0 Å². The van der Waals surface area contributed by atoms with Crippen molar-refractivity contribution >= 4 is 11.6 Å². The second-order valence-corrected chi connectivity index (χ2v) is 4.72. The monoisotopic (exact) mass is 247 g/mol. The van der Waals surface area contributed by atoms with Crippen LogP contribution in [-0.2, 0) is 4.79 Å². The Morgan fingerprint density at radius 1 is 1.50 bits per heavy atom. The van der Waals surface area contributed by atoms with Gasteiger partial charge in [-0.3, -0.25) is 4.79 Å². The molecule has 1 aliphatic heterocycles. The number of fused-ring (bicyclic) bond motifs is 1. The lowest BCUT2D eigenvalue weighted by molar-refractivity contribution is -0.131. The molecule has 1 unspecified atom stereocenters. The highest BCUT2D eigenvalue weighted by molar-refractivity contribution is 5.86. The highest BCUT2D eigenvalue weighted by Gasteiger charge is 2.27. The number of carbonyl (C=O) groups is 1. The molecule has 2 rings (SSSR count). The molecule has 0 aromatic heterocycles. The van der Waals surface area contributed by atoms with Crippen molar-refractivity contribution < 1.29 is 4.79 Å². The van der Waals surface area contributed by atoms with E-state index in [-0.39, 0.29) is 11.8 Å². The first kappa shape index (κ1) is 12.9. The average Bonchev–Trinajstić information content (AvgIpc) is 2.43. The Kier molecular flexibility index (Phi) is 4.20. The molecule has 0 aliphatic carbocycles. The van der Waals surface area contributed by atoms with Crippen molar-refractivity contribution in [2.45, 2.75) is 12.3 Å². The molecule has 0 fully saturated rings. The van der Waals surface area contributed by atoms with E-state index in [4.69, 9.17) is 0 Å². The van der Waals surface area contributed by atoms with Crippen molar-refractivity contribution in [2.75, 3.05) is 39.0 Å². The lowest BCUT2D eigenvalue weighted by Crippen LogP contribution is -2.38. The summed E-state index contributed by atoms with van der Waals surface area (Å²) in [5.41, 5.74) is 2.23. The second kappa shape index (κ2) is 5.87. The first-order chi connectivity index (χ1) is 8.74. The van der Waals surface area contributed by atoms with Gasteiger partial charge in [-0.1, -0.05) is 18.2 Å². The zero-order valence-electron chi connectivity index (χ0n) is 11.1. The van der Waals surface area contributed by atoms with Gasteiger partial charge in [-0.05, 0) is 25.1 Å². The summed E-state index contributed by atoms with van der Waals surface area (Å²) in [6.07, 6.45) is 0.875. The maximum atomic E-state index is 12.4. The number of hydrogen-bond acceptors (Lipinski definition) is 3. The number of para-hydroxylation sites is 1. The summed E-state index contributed by atoms with van der Waals surface area (Å²) in [7, 11) is 3.78. The Bertz CT molecular complexity index is 419. The van der Waals surface area contributed by atoms with E-state index in [1.807, 2.05) is 37.2 Å². The van der Waals surface area contributed by atoms with E-state index in [2.05, 4.69) is 16.7 Å². The van der Waals surface area contributed by atoms with Crippen LogP contribution >= 0.6 is 0 Å². The largest absolute Gasteiger partial charge is 0.385 e. The summed E-state index contributed by atoms with van der Waals surface area (Å²) in [6.45, 7) is 2.45. The maximum Gasteiger partial charge on any atom is 0.230 e. The number of likely N-dealkylation sites (N-methyl/N-ethyl adjacent to an activating group) is 2. The van der Waals surface area contributed by atoms with Gasteiger partial charge in [0.05, 0.1) is 5.92 Å². The molecule has 1 aromatic carbocycles. The van der Waals surface area contributed by atoms with E-state index in [0.717, 1.165) is 37.3 Å². The van der Waals surface area contributed by atoms with Crippen LogP contribution in [0.5, 0.6) is 0 Å². The van der Waals surface area contributed by atoms with E-state index >= 15 is 0 Å². The minimum absolute atomic E-state index is 0.00399. The van der Waals surface area contributed by atoms with Gasteiger partial charge < -0.3 is 15.5 Å². The Hall–Kier alpha value is -1.55. The first-order valence-electron chi connectivity index (χ1n) is 6.46. The molecule has 4 heteroatoms. The molecule has 1 aliphatic rings. The molecule has 0 spiro atoms. The van der Waals surface area contributed by atoms with E-state index in [0.29, 0.717) is 0 Å². The first-order valence-corrected chi connectivity index (χ1v) is 6.46. The van der Waals surface area contributed by atoms with E-state index in [9.17, 15) is 4.79 Å².